The zero-order chi connectivity index (χ0) is 32.8. The molecule has 0 saturated carbocycles. The van der Waals surface area contributed by atoms with Crippen molar-refractivity contribution in [2.45, 2.75) is 39.0 Å². The minimum absolute atomic E-state index is 0.0553. The van der Waals surface area contributed by atoms with Gasteiger partial charge >= 0.3 is 6.18 Å². The number of carbonyl (C=O) groups is 2. The van der Waals surface area contributed by atoms with Crippen LogP contribution in [0.2, 0.25) is 15.1 Å². The molecule has 3 aromatic carbocycles. The number of sulfonamides is 1. The molecule has 0 aliphatic carbocycles. The second kappa shape index (κ2) is 14.9. The second-order valence-electron chi connectivity index (χ2n) is 10.5. The first kappa shape index (κ1) is 35.5. The molecule has 0 spiro atoms. The Labute approximate surface area is 269 Å². The quantitative estimate of drug-likeness (QED) is 0.225. The number of hydrogen-bond donors (Lipinski definition) is 1. The van der Waals surface area contributed by atoms with Gasteiger partial charge in [-0.25, -0.2) is 8.42 Å². The number of nitrogens with zero attached hydrogens (tertiary/aromatic N) is 2. The fraction of sp³-hybridized carbons (Fsp3) is 0.333. The maximum absolute atomic E-state index is 14.1. The van der Waals surface area contributed by atoms with Crippen molar-refractivity contribution in [2.24, 2.45) is 5.92 Å². The van der Waals surface area contributed by atoms with Crippen molar-refractivity contribution in [3.05, 3.63) is 98.5 Å². The van der Waals surface area contributed by atoms with Gasteiger partial charge in [-0.2, -0.15) is 13.2 Å². The first-order chi connectivity index (χ1) is 20.5. The van der Waals surface area contributed by atoms with Crippen molar-refractivity contribution in [3.8, 4) is 0 Å². The number of halogens is 6. The number of carbonyl (C=O) groups excluding carboxylic acids is 2. The predicted molar refractivity (Wildman–Crippen MR) is 167 cm³/mol. The monoisotopic (exact) mass is 691 g/mol. The predicted octanol–water partition coefficient (Wildman–Crippen LogP) is 6.84. The molecule has 2 amide bonds. The fourth-order valence-corrected chi connectivity index (χ4v) is 5.84. The van der Waals surface area contributed by atoms with Gasteiger partial charge < -0.3 is 10.2 Å². The van der Waals surface area contributed by atoms with E-state index in [1.807, 2.05) is 13.8 Å². The number of nitrogens with one attached hydrogen (secondary N) is 1. The van der Waals surface area contributed by atoms with E-state index in [0.29, 0.717) is 33.1 Å². The second-order valence-corrected chi connectivity index (χ2v) is 13.7. The molecular formula is C30H31Cl3F3N3O4S. The summed E-state index contributed by atoms with van der Waals surface area (Å²) in [6.07, 6.45) is -4.06. The van der Waals surface area contributed by atoms with Gasteiger partial charge in [0.2, 0.25) is 21.8 Å². The lowest BCUT2D eigenvalue weighted by Crippen LogP contribution is -2.53. The van der Waals surface area contributed by atoms with E-state index in [1.54, 1.807) is 42.5 Å². The lowest BCUT2D eigenvalue weighted by molar-refractivity contribution is -0.140. The summed E-state index contributed by atoms with van der Waals surface area (Å²) in [5, 5.41) is 2.73. The molecule has 7 nitrogen and oxygen atoms in total. The normalized spacial score (nSPS) is 12.6. The molecule has 14 heteroatoms. The maximum atomic E-state index is 14.1. The summed E-state index contributed by atoms with van der Waals surface area (Å²) < 4.78 is 67.2. The van der Waals surface area contributed by atoms with Gasteiger partial charge in [-0.05, 0) is 47.4 Å². The van der Waals surface area contributed by atoms with E-state index in [0.717, 1.165) is 18.4 Å². The van der Waals surface area contributed by atoms with Crippen LogP contribution in [0.5, 0.6) is 0 Å². The van der Waals surface area contributed by atoms with Gasteiger partial charge in [-0.3, -0.25) is 13.9 Å². The van der Waals surface area contributed by atoms with Gasteiger partial charge in [0.15, 0.2) is 0 Å². The third-order valence-corrected chi connectivity index (χ3v) is 8.59. The highest BCUT2D eigenvalue weighted by Crippen LogP contribution is 2.37. The van der Waals surface area contributed by atoms with E-state index in [-0.39, 0.29) is 23.9 Å². The molecule has 0 bridgehead atoms. The summed E-state index contributed by atoms with van der Waals surface area (Å²) in [4.78, 5) is 28.9. The summed E-state index contributed by atoms with van der Waals surface area (Å²) in [5.41, 5.74) is -0.566. The van der Waals surface area contributed by atoms with Crippen LogP contribution >= 0.6 is 34.8 Å². The fourth-order valence-electron chi connectivity index (χ4n) is 4.31. The molecule has 3 aromatic rings. The van der Waals surface area contributed by atoms with Crippen LogP contribution in [0, 0.1) is 5.92 Å². The Hall–Kier alpha value is -2.99. The minimum Gasteiger partial charge on any atom is -0.354 e. The van der Waals surface area contributed by atoms with Crippen LogP contribution in [0.15, 0.2) is 66.7 Å². The van der Waals surface area contributed by atoms with E-state index in [2.05, 4.69) is 5.32 Å². The van der Waals surface area contributed by atoms with Gasteiger partial charge in [0.1, 0.15) is 12.6 Å². The summed E-state index contributed by atoms with van der Waals surface area (Å²) in [5.74, 6) is -1.28. The van der Waals surface area contributed by atoms with Crippen molar-refractivity contribution < 1.29 is 31.2 Å². The highest BCUT2D eigenvalue weighted by Gasteiger charge is 2.36. The van der Waals surface area contributed by atoms with Crippen molar-refractivity contribution in [1.29, 1.82) is 0 Å². The number of rotatable bonds is 12. The molecule has 0 fully saturated rings. The van der Waals surface area contributed by atoms with E-state index in [9.17, 15) is 31.2 Å². The smallest absolute Gasteiger partial charge is 0.354 e. The Bertz CT molecular complexity index is 1590. The third kappa shape index (κ3) is 9.76. The number of hydrogen-bond acceptors (Lipinski definition) is 4. The van der Waals surface area contributed by atoms with Crippen molar-refractivity contribution in [1.82, 2.24) is 10.2 Å². The number of alkyl halides is 3. The van der Waals surface area contributed by atoms with Crippen LogP contribution in [-0.2, 0) is 38.8 Å². The first-order valence-corrected chi connectivity index (χ1v) is 16.3. The van der Waals surface area contributed by atoms with Gasteiger partial charge in [-0.15, -0.1) is 0 Å². The topological polar surface area (TPSA) is 86.8 Å². The lowest BCUT2D eigenvalue weighted by atomic mass is 10.0. The van der Waals surface area contributed by atoms with Crippen LogP contribution in [0.1, 0.15) is 30.5 Å². The molecule has 0 aromatic heterocycles. The molecule has 0 unspecified atom stereocenters. The Morgan fingerprint density at radius 1 is 0.932 bits per heavy atom. The highest BCUT2D eigenvalue weighted by atomic mass is 35.5. The summed E-state index contributed by atoms with van der Waals surface area (Å²) >= 11 is 18.2. The van der Waals surface area contributed by atoms with E-state index in [1.165, 1.54) is 11.0 Å². The Balaban J connectivity index is 2.12. The molecule has 0 saturated heterocycles. The van der Waals surface area contributed by atoms with Gasteiger partial charge in [0.05, 0.1) is 22.5 Å². The zero-order valence-electron chi connectivity index (χ0n) is 24.0. The maximum Gasteiger partial charge on any atom is 0.417 e. The van der Waals surface area contributed by atoms with Gasteiger partial charge in [0, 0.05) is 29.6 Å². The standard InChI is InChI=1S/C30H31Cl3F3N3O4S/c1-19(2)16-37-29(41)27(13-20-7-5-4-6-8-20)38(17-21-9-10-22(31)14-26(21)33)28(40)18-39(44(3,42)43)23-11-12-25(32)24(15-23)30(34,35)36/h4-12,14-15,19,27H,13,16-18H2,1-3H3,(H,37,41)/t27-/m1/s1. The molecule has 3 rings (SSSR count). The number of benzene rings is 3. The molecule has 1 atom stereocenters. The Morgan fingerprint density at radius 3 is 2.16 bits per heavy atom. The lowest BCUT2D eigenvalue weighted by Gasteiger charge is -2.34. The molecular weight excluding hydrogens is 662 g/mol. The first-order valence-electron chi connectivity index (χ1n) is 13.4. The molecule has 0 aliphatic heterocycles. The summed E-state index contributed by atoms with van der Waals surface area (Å²) in [6, 6.07) is 14.8. The summed E-state index contributed by atoms with van der Waals surface area (Å²) in [6.45, 7) is 2.95. The number of amides is 2. The van der Waals surface area contributed by atoms with E-state index >= 15 is 0 Å². The Kier molecular flexibility index (Phi) is 12.0. The van der Waals surface area contributed by atoms with Crippen LogP contribution < -0.4 is 9.62 Å². The zero-order valence-corrected chi connectivity index (χ0v) is 27.1. The van der Waals surface area contributed by atoms with Gasteiger partial charge in [-0.1, -0.05) is 85.0 Å². The van der Waals surface area contributed by atoms with Crippen LogP contribution in [0.3, 0.4) is 0 Å². The average molecular weight is 693 g/mol. The molecule has 1 N–H and O–H groups in total. The molecule has 0 aliphatic rings. The van der Waals surface area contributed by atoms with Gasteiger partial charge in [0.25, 0.3) is 0 Å². The third-order valence-electron chi connectivity index (χ3n) is 6.53. The average Bonchev–Trinajstić information content (AvgIpc) is 2.93. The van der Waals surface area contributed by atoms with Crippen molar-refractivity contribution in [3.63, 3.8) is 0 Å². The SMILES string of the molecule is CC(C)CNC(=O)[C@@H](Cc1ccccc1)N(Cc1ccc(Cl)cc1Cl)C(=O)CN(c1ccc(Cl)c(C(F)(F)F)c1)S(C)(=O)=O. The highest BCUT2D eigenvalue weighted by molar-refractivity contribution is 7.92. The number of anilines is 1. The van der Waals surface area contributed by atoms with Crippen LogP contribution in [0.4, 0.5) is 18.9 Å². The minimum atomic E-state index is -4.88. The largest absolute Gasteiger partial charge is 0.417 e. The molecule has 44 heavy (non-hydrogen) atoms. The summed E-state index contributed by atoms with van der Waals surface area (Å²) in [7, 11) is -4.30. The van der Waals surface area contributed by atoms with Crippen LogP contribution in [-0.4, -0.2) is 50.5 Å². The Morgan fingerprint density at radius 2 is 1.59 bits per heavy atom. The molecule has 238 valence electrons. The van der Waals surface area contributed by atoms with Crippen molar-refractivity contribution in [2.75, 3.05) is 23.7 Å². The van der Waals surface area contributed by atoms with Crippen molar-refractivity contribution >= 4 is 62.3 Å². The van der Waals surface area contributed by atoms with E-state index in [4.69, 9.17) is 34.8 Å². The van der Waals surface area contributed by atoms with Crippen LogP contribution in [0.25, 0.3) is 0 Å². The molecule has 0 radical (unpaired) electrons. The molecule has 0 heterocycles. The van der Waals surface area contributed by atoms with E-state index < -0.39 is 56.9 Å².